The molecule has 3 rings (SSSR count). The summed E-state index contributed by atoms with van der Waals surface area (Å²) >= 11 is 0. The number of imidazole rings is 1. The number of nitrogens with zero attached hydrogens (tertiary/aromatic N) is 3. The van der Waals surface area contributed by atoms with E-state index in [0.29, 0.717) is 12.4 Å². The van der Waals surface area contributed by atoms with Gasteiger partial charge in [0.05, 0.1) is 6.33 Å². The number of carboxylic acids is 1. The van der Waals surface area contributed by atoms with Crippen molar-refractivity contribution < 1.29 is 19.2 Å². The van der Waals surface area contributed by atoms with Crippen molar-refractivity contribution in [1.29, 1.82) is 0 Å². The molecule has 1 unspecified atom stereocenters. The van der Waals surface area contributed by atoms with Gasteiger partial charge in [0.25, 0.3) is 5.89 Å². The number of aromatic nitrogens is 4. The van der Waals surface area contributed by atoms with Crippen LogP contribution in [-0.4, -0.2) is 37.8 Å². The first-order valence-electron chi connectivity index (χ1n) is 5.85. The first-order chi connectivity index (χ1) is 9.10. The zero-order valence-corrected chi connectivity index (χ0v) is 10.2. The van der Waals surface area contributed by atoms with Gasteiger partial charge >= 0.3 is 5.97 Å². The van der Waals surface area contributed by atoms with Crippen molar-refractivity contribution in [2.24, 2.45) is 0 Å². The third-order valence-corrected chi connectivity index (χ3v) is 3.17. The summed E-state index contributed by atoms with van der Waals surface area (Å²) in [6.45, 7) is 2.55. The van der Waals surface area contributed by atoms with Crippen molar-refractivity contribution in [3.8, 4) is 11.6 Å². The van der Waals surface area contributed by atoms with E-state index in [9.17, 15) is 4.79 Å². The summed E-state index contributed by atoms with van der Waals surface area (Å²) in [5.41, 5.74) is -0.508. The molecule has 1 atom stereocenters. The van der Waals surface area contributed by atoms with E-state index in [1.165, 1.54) is 6.33 Å². The highest BCUT2D eigenvalue weighted by molar-refractivity contribution is 5.91. The lowest BCUT2D eigenvalue weighted by atomic mass is 10.0. The van der Waals surface area contributed by atoms with Crippen LogP contribution in [0, 0.1) is 0 Å². The van der Waals surface area contributed by atoms with Crippen LogP contribution in [0.1, 0.15) is 36.1 Å². The van der Waals surface area contributed by atoms with Gasteiger partial charge in [-0.15, -0.1) is 0 Å². The maximum absolute atomic E-state index is 11.0. The van der Waals surface area contributed by atoms with Gasteiger partial charge in [0.2, 0.25) is 5.82 Å². The first-order valence-corrected chi connectivity index (χ1v) is 5.85. The Morgan fingerprint density at radius 1 is 1.58 bits per heavy atom. The van der Waals surface area contributed by atoms with Crippen molar-refractivity contribution in [2.75, 3.05) is 6.61 Å². The molecule has 2 aromatic rings. The summed E-state index contributed by atoms with van der Waals surface area (Å²) in [6.07, 6.45) is 3.02. The van der Waals surface area contributed by atoms with Crippen molar-refractivity contribution in [3.05, 3.63) is 17.8 Å². The topological polar surface area (TPSA) is 114 Å². The number of hydrogen-bond acceptors (Lipinski definition) is 6. The van der Waals surface area contributed by atoms with Crippen LogP contribution < -0.4 is 0 Å². The minimum atomic E-state index is -1.15. The number of nitrogens with one attached hydrogen (secondary N) is 1. The molecule has 1 fully saturated rings. The van der Waals surface area contributed by atoms with Gasteiger partial charge in [-0.2, -0.15) is 4.98 Å². The first kappa shape index (κ1) is 11.8. The standard InChI is InChI=1S/C11H12N4O4/c1-11(3-2-4-18-11)10-14-8(19-15-10)6-7(9(16)17)13-5-12-6/h5H,2-4H2,1H3,(H,12,13)(H,16,17). The second kappa shape index (κ2) is 4.16. The van der Waals surface area contributed by atoms with Crippen molar-refractivity contribution in [1.82, 2.24) is 20.1 Å². The predicted molar refractivity (Wildman–Crippen MR) is 61.4 cm³/mol. The molecule has 0 saturated carbocycles. The normalized spacial score (nSPS) is 22.8. The fourth-order valence-electron chi connectivity index (χ4n) is 2.11. The van der Waals surface area contributed by atoms with Crippen LogP contribution in [0.2, 0.25) is 0 Å². The maximum atomic E-state index is 11.0. The number of rotatable bonds is 3. The van der Waals surface area contributed by atoms with E-state index in [-0.39, 0.29) is 17.3 Å². The number of H-pyrrole nitrogens is 1. The highest BCUT2D eigenvalue weighted by Crippen LogP contribution is 2.34. The number of aromatic amines is 1. The van der Waals surface area contributed by atoms with Gasteiger partial charge in [-0.05, 0) is 19.8 Å². The molecule has 8 heteroatoms. The van der Waals surface area contributed by atoms with Crippen LogP contribution in [0.25, 0.3) is 11.6 Å². The Bertz CT molecular complexity index is 612. The molecule has 1 saturated heterocycles. The van der Waals surface area contributed by atoms with Gasteiger partial charge in [-0.3, -0.25) is 0 Å². The summed E-state index contributed by atoms with van der Waals surface area (Å²) in [4.78, 5) is 21.6. The molecule has 2 N–H and O–H groups in total. The van der Waals surface area contributed by atoms with Crippen molar-refractivity contribution >= 4 is 5.97 Å². The third-order valence-electron chi connectivity index (χ3n) is 3.17. The van der Waals surface area contributed by atoms with Gasteiger partial charge in [0.1, 0.15) is 11.3 Å². The van der Waals surface area contributed by atoms with Gasteiger partial charge < -0.3 is 19.4 Å². The van der Waals surface area contributed by atoms with Crippen LogP contribution in [0.4, 0.5) is 0 Å². The number of hydrogen-bond donors (Lipinski definition) is 2. The van der Waals surface area contributed by atoms with Gasteiger partial charge in [-0.1, -0.05) is 5.16 Å². The molecule has 19 heavy (non-hydrogen) atoms. The van der Waals surface area contributed by atoms with Gasteiger partial charge in [-0.25, -0.2) is 9.78 Å². The number of carbonyl (C=O) groups is 1. The smallest absolute Gasteiger partial charge is 0.356 e. The average molecular weight is 264 g/mol. The molecule has 0 aromatic carbocycles. The minimum absolute atomic E-state index is 0.0987. The predicted octanol–water partition coefficient (Wildman–Crippen LogP) is 1.18. The zero-order chi connectivity index (χ0) is 13.5. The van der Waals surface area contributed by atoms with Crippen LogP contribution in [-0.2, 0) is 10.3 Å². The summed E-state index contributed by atoms with van der Waals surface area (Å²) in [5, 5.41) is 12.9. The third kappa shape index (κ3) is 1.89. The lowest BCUT2D eigenvalue weighted by Gasteiger charge is -2.17. The molecule has 0 radical (unpaired) electrons. The molecule has 0 spiro atoms. The molecule has 0 bridgehead atoms. The molecular formula is C11H12N4O4. The van der Waals surface area contributed by atoms with E-state index >= 15 is 0 Å². The SMILES string of the molecule is CC1(c2noc(-c3[nH]cnc3C(=O)O)n2)CCCO1. The molecule has 0 amide bonds. The quantitative estimate of drug-likeness (QED) is 0.855. The Labute approximate surface area is 107 Å². The molecule has 1 aliphatic rings. The summed E-state index contributed by atoms with van der Waals surface area (Å²) < 4.78 is 10.7. The highest BCUT2D eigenvalue weighted by atomic mass is 16.5. The Balaban J connectivity index is 1.97. The van der Waals surface area contributed by atoms with Crippen molar-refractivity contribution in [2.45, 2.75) is 25.4 Å². The summed E-state index contributed by atoms with van der Waals surface area (Å²) in [7, 11) is 0. The van der Waals surface area contributed by atoms with E-state index in [1.807, 2.05) is 6.92 Å². The molecule has 2 aromatic heterocycles. The Hall–Kier alpha value is -2.22. The Kier molecular flexibility index (Phi) is 2.59. The summed E-state index contributed by atoms with van der Waals surface area (Å²) in [6, 6.07) is 0. The van der Waals surface area contributed by atoms with Crippen LogP contribution in [0.5, 0.6) is 0 Å². The van der Waals surface area contributed by atoms with Crippen LogP contribution in [0.3, 0.4) is 0 Å². The fourth-order valence-corrected chi connectivity index (χ4v) is 2.11. The molecule has 8 nitrogen and oxygen atoms in total. The molecular weight excluding hydrogens is 252 g/mol. The van der Waals surface area contributed by atoms with E-state index in [4.69, 9.17) is 14.4 Å². The molecule has 0 aliphatic carbocycles. The zero-order valence-electron chi connectivity index (χ0n) is 10.2. The summed E-state index contributed by atoms with van der Waals surface area (Å²) in [5.74, 6) is -0.633. The Morgan fingerprint density at radius 2 is 2.42 bits per heavy atom. The highest BCUT2D eigenvalue weighted by Gasteiger charge is 2.37. The lowest BCUT2D eigenvalue weighted by Crippen LogP contribution is -2.21. The molecule has 100 valence electrons. The maximum Gasteiger partial charge on any atom is 0.356 e. The van der Waals surface area contributed by atoms with E-state index < -0.39 is 11.6 Å². The largest absolute Gasteiger partial charge is 0.476 e. The number of ether oxygens (including phenoxy) is 1. The second-order valence-corrected chi connectivity index (χ2v) is 4.54. The molecule has 3 heterocycles. The number of carboxylic acid groups (broad SMARTS) is 1. The average Bonchev–Trinajstić information content (AvgIpc) is 3.08. The van der Waals surface area contributed by atoms with Crippen molar-refractivity contribution in [3.63, 3.8) is 0 Å². The minimum Gasteiger partial charge on any atom is -0.476 e. The van der Waals surface area contributed by atoms with Crippen LogP contribution in [0.15, 0.2) is 10.9 Å². The van der Waals surface area contributed by atoms with Crippen LogP contribution >= 0.6 is 0 Å². The molecule has 1 aliphatic heterocycles. The monoisotopic (exact) mass is 264 g/mol. The van der Waals surface area contributed by atoms with Gasteiger partial charge in [0.15, 0.2) is 5.69 Å². The lowest BCUT2D eigenvalue weighted by molar-refractivity contribution is 0.00768. The number of aromatic carboxylic acids is 1. The Morgan fingerprint density at radius 3 is 3.11 bits per heavy atom. The second-order valence-electron chi connectivity index (χ2n) is 4.54. The van der Waals surface area contributed by atoms with Gasteiger partial charge in [0, 0.05) is 6.61 Å². The van der Waals surface area contributed by atoms with E-state index in [1.54, 1.807) is 0 Å². The van der Waals surface area contributed by atoms with E-state index in [0.717, 1.165) is 12.8 Å². The fraction of sp³-hybridized carbons (Fsp3) is 0.455. The van der Waals surface area contributed by atoms with E-state index in [2.05, 4.69) is 20.1 Å².